The van der Waals surface area contributed by atoms with Gasteiger partial charge in [-0.2, -0.15) is 4.98 Å². The highest BCUT2D eigenvalue weighted by atomic mass is 16.5. The fourth-order valence-electron chi connectivity index (χ4n) is 3.07. The van der Waals surface area contributed by atoms with Gasteiger partial charge in [0.1, 0.15) is 0 Å². The smallest absolute Gasteiger partial charge is 0.256 e. The second kappa shape index (κ2) is 6.82. The van der Waals surface area contributed by atoms with Gasteiger partial charge < -0.3 is 14.2 Å². The Hall–Kier alpha value is -2.44. The number of carbonyl (C=O) groups is 1. The molecule has 2 aliphatic rings. The summed E-state index contributed by atoms with van der Waals surface area (Å²) >= 11 is 0. The Balaban J connectivity index is 1.45. The van der Waals surface area contributed by atoms with Crippen molar-refractivity contribution in [2.45, 2.75) is 45.1 Å². The van der Waals surface area contributed by atoms with E-state index in [0.717, 1.165) is 12.8 Å². The van der Waals surface area contributed by atoms with Gasteiger partial charge in [0.2, 0.25) is 11.8 Å². The topological polar surface area (TPSA) is 81.4 Å². The number of aromatic nitrogens is 3. The molecule has 0 radical (unpaired) electrons. The van der Waals surface area contributed by atoms with Crippen LogP contribution < -0.4 is 4.74 Å². The van der Waals surface area contributed by atoms with Crippen molar-refractivity contribution in [3.05, 3.63) is 35.6 Å². The standard InChI is InChI=1S/C18H22N4O3/c1-2-15-20-17(21-25-15)14-4-3-9-22(14)18(23)13-7-8-16(19-10-13)24-11-12-5-6-12/h7-8,10,12,14H,2-6,9,11H2,1H3/t14-/m1/s1. The van der Waals surface area contributed by atoms with Crippen LogP contribution in [0.15, 0.2) is 22.9 Å². The zero-order valence-corrected chi connectivity index (χ0v) is 14.4. The number of rotatable bonds is 6. The van der Waals surface area contributed by atoms with E-state index in [9.17, 15) is 4.79 Å². The molecule has 2 aromatic heterocycles. The fraction of sp³-hybridized carbons (Fsp3) is 0.556. The summed E-state index contributed by atoms with van der Waals surface area (Å²) in [5, 5.41) is 4.04. The molecule has 25 heavy (non-hydrogen) atoms. The SMILES string of the molecule is CCc1nc([C@H]2CCCN2C(=O)c2ccc(OCC3CC3)nc2)no1. The van der Waals surface area contributed by atoms with Crippen molar-refractivity contribution in [3.8, 4) is 5.88 Å². The zero-order valence-electron chi connectivity index (χ0n) is 14.4. The largest absolute Gasteiger partial charge is 0.477 e. The summed E-state index contributed by atoms with van der Waals surface area (Å²) in [4.78, 5) is 23.3. The maximum atomic E-state index is 12.9. The van der Waals surface area contributed by atoms with Crippen molar-refractivity contribution < 1.29 is 14.1 Å². The number of nitrogens with zero attached hydrogens (tertiary/aromatic N) is 4. The van der Waals surface area contributed by atoms with Gasteiger partial charge in [-0.3, -0.25) is 4.79 Å². The third-order valence-electron chi connectivity index (χ3n) is 4.75. The molecule has 1 atom stereocenters. The van der Waals surface area contributed by atoms with E-state index in [-0.39, 0.29) is 11.9 Å². The lowest BCUT2D eigenvalue weighted by Crippen LogP contribution is -2.31. The Morgan fingerprint density at radius 2 is 2.24 bits per heavy atom. The Morgan fingerprint density at radius 3 is 2.92 bits per heavy atom. The maximum absolute atomic E-state index is 12.9. The normalized spacial score (nSPS) is 20.0. The minimum atomic E-state index is -0.123. The number of hydrogen-bond donors (Lipinski definition) is 0. The molecule has 1 saturated heterocycles. The van der Waals surface area contributed by atoms with Gasteiger partial charge in [-0.25, -0.2) is 4.98 Å². The average molecular weight is 342 g/mol. The van der Waals surface area contributed by atoms with E-state index in [0.29, 0.717) is 48.6 Å². The molecule has 1 saturated carbocycles. The van der Waals surface area contributed by atoms with Crippen molar-refractivity contribution in [1.82, 2.24) is 20.0 Å². The maximum Gasteiger partial charge on any atom is 0.256 e. The Morgan fingerprint density at radius 1 is 1.36 bits per heavy atom. The molecule has 1 amide bonds. The molecule has 1 aliphatic carbocycles. The molecule has 0 unspecified atom stereocenters. The summed E-state index contributed by atoms with van der Waals surface area (Å²) in [6.07, 6.45) is 6.55. The van der Waals surface area contributed by atoms with Crippen LogP contribution in [-0.4, -0.2) is 39.1 Å². The van der Waals surface area contributed by atoms with Crippen LogP contribution in [0.3, 0.4) is 0 Å². The first-order chi connectivity index (χ1) is 12.2. The van der Waals surface area contributed by atoms with Crippen LogP contribution >= 0.6 is 0 Å². The lowest BCUT2D eigenvalue weighted by atomic mass is 10.2. The number of amides is 1. The van der Waals surface area contributed by atoms with Crippen LogP contribution in [0.5, 0.6) is 5.88 Å². The number of aryl methyl sites for hydroxylation is 1. The highest BCUT2D eigenvalue weighted by molar-refractivity contribution is 5.94. The van der Waals surface area contributed by atoms with Crippen molar-refractivity contribution in [1.29, 1.82) is 0 Å². The molecular weight excluding hydrogens is 320 g/mol. The van der Waals surface area contributed by atoms with E-state index < -0.39 is 0 Å². The van der Waals surface area contributed by atoms with E-state index in [2.05, 4.69) is 15.1 Å². The summed E-state index contributed by atoms with van der Waals surface area (Å²) in [5.74, 6) is 2.41. The van der Waals surface area contributed by atoms with Gasteiger partial charge in [0.25, 0.3) is 5.91 Å². The molecular formula is C18H22N4O3. The third-order valence-corrected chi connectivity index (χ3v) is 4.75. The second-order valence-electron chi connectivity index (χ2n) is 6.70. The van der Waals surface area contributed by atoms with E-state index in [1.54, 1.807) is 18.3 Å². The molecule has 1 aliphatic heterocycles. The third kappa shape index (κ3) is 3.50. The number of pyridine rings is 1. The van der Waals surface area contributed by atoms with E-state index >= 15 is 0 Å². The van der Waals surface area contributed by atoms with Gasteiger partial charge in [0.15, 0.2) is 5.82 Å². The highest BCUT2D eigenvalue weighted by Crippen LogP contribution is 2.32. The van der Waals surface area contributed by atoms with E-state index in [1.165, 1.54) is 12.8 Å². The number of ether oxygens (including phenoxy) is 1. The number of carbonyl (C=O) groups excluding carboxylic acids is 1. The monoisotopic (exact) mass is 342 g/mol. The summed E-state index contributed by atoms with van der Waals surface area (Å²) in [6, 6.07) is 3.42. The first kappa shape index (κ1) is 16.1. The van der Waals surface area contributed by atoms with Gasteiger partial charge in [0.05, 0.1) is 18.2 Å². The summed E-state index contributed by atoms with van der Waals surface area (Å²) in [7, 11) is 0. The average Bonchev–Trinajstić information content (AvgIpc) is 3.15. The summed E-state index contributed by atoms with van der Waals surface area (Å²) in [6.45, 7) is 3.37. The minimum Gasteiger partial charge on any atom is -0.477 e. The first-order valence-electron chi connectivity index (χ1n) is 8.97. The molecule has 0 bridgehead atoms. The van der Waals surface area contributed by atoms with Gasteiger partial charge in [0, 0.05) is 25.2 Å². The Bertz CT molecular complexity index is 739. The predicted octanol–water partition coefficient (Wildman–Crippen LogP) is 2.79. The number of hydrogen-bond acceptors (Lipinski definition) is 6. The highest BCUT2D eigenvalue weighted by Gasteiger charge is 2.34. The molecule has 7 heteroatoms. The van der Waals surface area contributed by atoms with Crippen LogP contribution in [0, 0.1) is 5.92 Å². The lowest BCUT2D eigenvalue weighted by molar-refractivity contribution is 0.0728. The Labute approximate surface area is 146 Å². The van der Waals surface area contributed by atoms with Crippen LogP contribution in [0.2, 0.25) is 0 Å². The minimum absolute atomic E-state index is 0.0495. The van der Waals surface area contributed by atoms with Crippen LogP contribution in [0.4, 0.5) is 0 Å². The van der Waals surface area contributed by atoms with Gasteiger partial charge >= 0.3 is 0 Å². The van der Waals surface area contributed by atoms with Crippen LogP contribution in [-0.2, 0) is 6.42 Å². The molecule has 2 aromatic rings. The molecule has 7 nitrogen and oxygen atoms in total. The number of likely N-dealkylation sites (tertiary alicyclic amines) is 1. The molecule has 0 N–H and O–H groups in total. The summed E-state index contributed by atoms with van der Waals surface area (Å²) in [5.41, 5.74) is 0.560. The predicted molar refractivity (Wildman–Crippen MR) is 89.1 cm³/mol. The Kier molecular flexibility index (Phi) is 4.38. The van der Waals surface area contributed by atoms with Crippen LogP contribution in [0.25, 0.3) is 0 Å². The van der Waals surface area contributed by atoms with E-state index in [1.807, 2.05) is 11.8 Å². The van der Waals surface area contributed by atoms with E-state index in [4.69, 9.17) is 9.26 Å². The molecule has 3 heterocycles. The molecule has 132 valence electrons. The zero-order chi connectivity index (χ0) is 17.2. The van der Waals surface area contributed by atoms with Crippen molar-refractivity contribution in [3.63, 3.8) is 0 Å². The van der Waals surface area contributed by atoms with Gasteiger partial charge in [-0.05, 0) is 37.7 Å². The first-order valence-corrected chi connectivity index (χ1v) is 8.97. The lowest BCUT2D eigenvalue weighted by Gasteiger charge is -2.22. The van der Waals surface area contributed by atoms with Crippen molar-refractivity contribution >= 4 is 5.91 Å². The summed E-state index contributed by atoms with van der Waals surface area (Å²) < 4.78 is 10.8. The molecule has 4 rings (SSSR count). The second-order valence-corrected chi connectivity index (χ2v) is 6.70. The van der Waals surface area contributed by atoms with Gasteiger partial charge in [-0.15, -0.1) is 0 Å². The molecule has 2 fully saturated rings. The quantitative estimate of drug-likeness (QED) is 0.803. The fourth-order valence-corrected chi connectivity index (χ4v) is 3.07. The molecule has 0 spiro atoms. The van der Waals surface area contributed by atoms with Crippen molar-refractivity contribution in [2.75, 3.05) is 13.2 Å². The van der Waals surface area contributed by atoms with Gasteiger partial charge in [-0.1, -0.05) is 12.1 Å². The molecule has 0 aromatic carbocycles. The van der Waals surface area contributed by atoms with Crippen molar-refractivity contribution in [2.24, 2.45) is 5.92 Å². The van der Waals surface area contributed by atoms with Crippen LogP contribution in [0.1, 0.15) is 60.7 Å².